The van der Waals surface area contributed by atoms with Crippen molar-refractivity contribution < 1.29 is 10.2 Å². The van der Waals surface area contributed by atoms with E-state index in [9.17, 15) is 10.2 Å². The van der Waals surface area contributed by atoms with Crippen LogP contribution in [0.2, 0.25) is 0 Å². The van der Waals surface area contributed by atoms with Crippen LogP contribution >= 0.6 is 0 Å². The number of fused-ring (bicyclic) bond motifs is 1. The minimum Gasteiger partial charge on any atom is -0.393 e. The van der Waals surface area contributed by atoms with E-state index in [4.69, 9.17) is 0 Å². The number of rotatable bonds is 0. The van der Waals surface area contributed by atoms with Gasteiger partial charge in [0.1, 0.15) is 0 Å². The molecule has 2 N–H and O–H groups in total. The fourth-order valence-electron chi connectivity index (χ4n) is 5.82. The molecular formula is C15H26O2. The first kappa shape index (κ1) is 12.0. The molecule has 0 aromatic heterocycles. The summed E-state index contributed by atoms with van der Waals surface area (Å²) in [6.45, 7) is 8.90. The fraction of sp³-hybridized carbons (Fsp3) is 1.00. The van der Waals surface area contributed by atoms with Gasteiger partial charge in [0.15, 0.2) is 0 Å². The van der Waals surface area contributed by atoms with Gasteiger partial charge in [-0.1, -0.05) is 27.7 Å². The molecular weight excluding hydrogens is 212 g/mol. The number of aliphatic hydroxyl groups excluding tert-OH is 1. The number of aliphatic hydroxyl groups is 2. The third-order valence-corrected chi connectivity index (χ3v) is 7.01. The topological polar surface area (TPSA) is 40.5 Å². The molecule has 6 unspecified atom stereocenters. The summed E-state index contributed by atoms with van der Waals surface area (Å²) >= 11 is 0. The molecule has 4 saturated carbocycles. The lowest BCUT2D eigenvalue weighted by Gasteiger charge is -2.72. The van der Waals surface area contributed by atoms with Gasteiger partial charge in [0.2, 0.25) is 0 Å². The molecule has 4 aliphatic carbocycles. The van der Waals surface area contributed by atoms with Crippen molar-refractivity contribution in [2.24, 2.45) is 28.6 Å². The molecule has 4 bridgehead atoms. The Morgan fingerprint density at radius 2 is 1.76 bits per heavy atom. The fourth-order valence-corrected chi connectivity index (χ4v) is 5.82. The Balaban J connectivity index is 2.14. The van der Waals surface area contributed by atoms with E-state index < -0.39 is 5.60 Å². The standard InChI is InChI=1S/C15H26O2/c1-9-5-6-15(17)13(2,3)11-7-10(9)14(15,4)8-12(11)16/h9-12,16-17H,5-8H2,1-4H3. The molecule has 2 heteroatoms. The summed E-state index contributed by atoms with van der Waals surface area (Å²) in [6.07, 6.45) is 3.75. The highest BCUT2D eigenvalue weighted by molar-refractivity contribution is 5.21. The minimum atomic E-state index is -0.570. The summed E-state index contributed by atoms with van der Waals surface area (Å²) in [5, 5.41) is 21.6. The van der Waals surface area contributed by atoms with Gasteiger partial charge in [-0.2, -0.15) is 0 Å². The Morgan fingerprint density at radius 1 is 1.12 bits per heavy atom. The van der Waals surface area contributed by atoms with E-state index >= 15 is 0 Å². The number of hydrogen-bond acceptors (Lipinski definition) is 2. The molecule has 98 valence electrons. The first-order valence-corrected chi connectivity index (χ1v) is 7.14. The van der Waals surface area contributed by atoms with Crippen LogP contribution in [-0.2, 0) is 0 Å². The van der Waals surface area contributed by atoms with Crippen molar-refractivity contribution in [2.75, 3.05) is 0 Å². The smallest absolute Gasteiger partial charge is 0.0759 e. The second-order valence-electron chi connectivity index (χ2n) is 7.74. The number of hydrogen-bond donors (Lipinski definition) is 2. The van der Waals surface area contributed by atoms with Crippen molar-refractivity contribution in [3.8, 4) is 0 Å². The Labute approximate surface area is 104 Å². The summed E-state index contributed by atoms with van der Waals surface area (Å²) in [5.41, 5.74) is -0.794. The van der Waals surface area contributed by atoms with Crippen molar-refractivity contribution in [2.45, 2.75) is 65.1 Å². The SMILES string of the molecule is CC1CCC2(O)C(C)(C)C3CC1C2(C)CC3O. The molecule has 4 fully saturated rings. The Hall–Kier alpha value is -0.0800. The van der Waals surface area contributed by atoms with Gasteiger partial charge in [-0.05, 0) is 48.9 Å². The van der Waals surface area contributed by atoms with Crippen molar-refractivity contribution in [3.05, 3.63) is 0 Å². The maximum atomic E-state index is 11.3. The lowest BCUT2D eigenvalue weighted by atomic mass is 9.35. The molecule has 2 nitrogen and oxygen atoms in total. The minimum absolute atomic E-state index is 0.0810. The van der Waals surface area contributed by atoms with Gasteiger partial charge >= 0.3 is 0 Å². The first-order valence-electron chi connectivity index (χ1n) is 7.14. The quantitative estimate of drug-likeness (QED) is 0.681. The Kier molecular flexibility index (Phi) is 2.17. The molecule has 0 aromatic carbocycles. The van der Waals surface area contributed by atoms with E-state index in [2.05, 4.69) is 27.7 Å². The molecule has 0 saturated heterocycles. The molecule has 0 radical (unpaired) electrons. The van der Waals surface area contributed by atoms with Crippen LogP contribution in [0.15, 0.2) is 0 Å². The van der Waals surface area contributed by atoms with E-state index in [1.54, 1.807) is 0 Å². The highest BCUT2D eigenvalue weighted by Gasteiger charge is 2.72. The molecule has 4 rings (SSSR count). The van der Waals surface area contributed by atoms with Gasteiger partial charge in [-0.3, -0.25) is 0 Å². The second kappa shape index (κ2) is 3.08. The molecule has 0 heterocycles. The van der Waals surface area contributed by atoms with Crippen LogP contribution in [0.3, 0.4) is 0 Å². The molecule has 0 aliphatic heterocycles. The van der Waals surface area contributed by atoms with E-state index in [-0.39, 0.29) is 22.9 Å². The van der Waals surface area contributed by atoms with Gasteiger partial charge in [-0.25, -0.2) is 0 Å². The predicted molar refractivity (Wildman–Crippen MR) is 67.5 cm³/mol. The highest BCUT2D eigenvalue weighted by atomic mass is 16.3. The summed E-state index contributed by atoms with van der Waals surface area (Å²) in [4.78, 5) is 0. The Bertz CT molecular complexity index is 351. The maximum absolute atomic E-state index is 11.3. The van der Waals surface area contributed by atoms with Crippen LogP contribution in [-0.4, -0.2) is 21.9 Å². The lowest BCUT2D eigenvalue weighted by molar-refractivity contribution is -0.315. The first-order chi connectivity index (χ1) is 7.74. The molecule has 0 spiro atoms. The van der Waals surface area contributed by atoms with Crippen LogP contribution in [0.5, 0.6) is 0 Å². The third kappa shape index (κ3) is 1.10. The van der Waals surface area contributed by atoms with Crippen molar-refractivity contribution in [1.82, 2.24) is 0 Å². The summed E-state index contributed by atoms with van der Waals surface area (Å²) in [7, 11) is 0. The lowest BCUT2D eigenvalue weighted by Crippen LogP contribution is -2.74. The average Bonchev–Trinajstić information content (AvgIpc) is 2.21. The molecule has 0 aromatic rings. The van der Waals surface area contributed by atoms with Crippen LogP contribution in [0.25, 0.3) is 0 Å². The highest BCUT2D eigenvalue weighted by Crippen LogP contribution is 2.71. The molecule has 17 heavy (non-hydrogen) atoms. The van der Waals surface area contributed by atoms with E-state index in [0.717, 1.165) is 25.7 Å². The second-order valence-corrected chi connectivity index (χ2v) is 7.74. The zero-order valence-corrected chi connectivity index (χ0v) is 11.5. The van der Waals surface area contributed by atoms with Gasteiger partial charge in [0.05, 0.1) is 11.7 Å². The predicted octanol–water partition coefficient (Wildman–Crippen LogP) is 2.58. The van der Waals surface area contributed by atoms with E-state index in [1.165, 1.54) is 0 Å². The van der Waals surface area contributed by atoms with Crippen molar-refractivity contribution in [3.63, 3.8) is 0 Å². The van der Waals surface area contributed by atoms with Gasteiger partial charge in [0.25, 0.3) is 0 Å². The summed E-state index contributed by atoms with van der Waals surface area (Å²) < 4.78 is 0. The molecule has 0 amide bonds. The summed E-state index contributed by atoms with van der Waals surface area (Å²) in [5.74, 6) is 1.58. The van der Waals surface area contributed by atoms with Crippen LogP contribution in [0.4, 0.5) is 0 Å². The van der Waals surface area contributed by atoms with Crippen LogP contribution in [0.1, 0.15) is 53.4 Å². The maximum Gasteiger partial charge on any atom is 0.0759 e. The van der Waals surface area contributed by atoms with Crippen LogP contribution < -0.4 is 0 Å². The van der Waals surface area contributed by atoms with Crippen molar-refractivity contribution in [1.29, 1.82) is 0 Å². The molecule has 4 aliphatic rings. The average molecular weight is 238 g/mol. The normalized spacial score (nSPS) is 60.4. The monoisotopic (exact) mass is 238 g/mol. The van der Waals surface area contributed by atoms with Gasteiger partial charge in [-0.15, -0.1) is 0 Å². The van der Waals surface area contributed by atoms with Gasteiger partial charge in [0, 0.05) is 5.41 Å². The van der Waals surface area contributed by atoms with Crippen molar-refractivity contribution >= 4 is 0 Å². The molecule has 6 atom stereocenters. The largest absolute Gasteiger partial charge is 0.393 e. The summed E-state index contributed by atoms with van der Waals surface area (Å²) in [6, 6.07) is 0. The zero-order chi connectivity index (χ0) is 12.6. The van der Waals surface area contributed by atoms with Gasteiger partial charge < -0.3 is 10.2 Å². The van der Waals surface area contributed by atoms with E-state index in [0.29, 0.717) is 11.8 Å². The van der Waals surface area contributed by atoms with Crippen LogP contribution in [0, 0.1) is 28.6 Å². The Morgan fingerprint density at radius 3 is 2.41 bits per heavy atom. The zero-order valence-electron chi connectivity index (χ0n) is 11.5. The third-order valence-electron chi connectivity index (χ3n) is 7.01. The van der Waals surface area contributed by atoms with E-state index in [1.807, 2.05) is 0 Å².